The van der Waals surface area contributed by atoms with Crippen LogP contribution in [0.4, 0.5) is 0 Å². The topological polar surface area (TPSA) is 46.3 Å². The Morgan fingerprint density at radius 1 is 1.37 bits per heavy atom. The van der Waals surface area contributed by atoms with Gasteiger partial charge in [-0.3, -0.25) is 4.79 Å². The van der Waals surface area contributed by atoms with Gasteiger partial charge < -0.3 is 10.6 Å². The molecule has 2 rings (SSSR count). The van der Waals surface area contributed by atoms with Crippen LogP contribution < -0.4 is 5.73 Å². The Morgan fingerprint density at radius 2 is 2.05 bits per heavy atom. The molecule has 4 heteroatoms. The van der Waals surface area contributed by atoms with Gasteiger partial charge in [0.25, 0.3) is 5.91 Å². The van der Waals surface area contributed by atoms with Crippen LogP contribution in [0.5, 0.6) is 0 Å². The number of thiocarbonyl (C=S) groups is 1. The fraction of sp³-hybridized carbons (Fsp3) is 0.467. The maximum Gasteiger partial charge on any atom is 0.254 e. The fourth-order valence-corrected chi connectivity index (χ4v) is 2.67. The number of carbonyl (C=O) groups is 1. The van der Waals surface area contributed by atoms with Gasteiger partial charge in [0.05, 0.1) is 11.5 Å². The van der Waals surface area contributed by atoms with Crippen molar-refractivity contribution in [2.75, 3.05) is 6.54 Å². The van der Waals surface area contributed by atoms with Crippen molar-refractivity contribution < 1.29 is 4.79 Å². The quantitative estimate of drug-likeness (QED) is 0.858. The predicted octanol–water partition coefficient (Wildman–Crippen LogP) is 2.31. The van der Waals surface area contributed by atoms with E-state index in [4.69, 9.17) is 18.0 Å². The van der Waals surface area contributed by atoms with Crippen LogP contribution in [0.1, 0.15) is 41.8 Å². The van der Waals surface area contributed by atoms with Gasteiger partial charge in [0.1, 0.15) is 0 Å². The van der Waals surface area contributed by atoms with Crippen LogP contribution >= 0.6 is 12.2 Å². The van der Waals surface area contributed by atoms with E-state index in [2.05, 4.69) is 6.07 Å². The Balaban J connectivity index is 2.24. The molecule has 0 saturated carbocycles. The molecule has 0 saturated heterocycles. The standard InChI is InChI=1S/C15H20N2OS/c1-10(2)17(9-14(16)19)15(18)13-7-6-11-4-3-5-12(11)8-13/h6-8,10H,3-5,9H2,1-2H3,(H2,16,19). The average Bonchev–Trinajstić information content (AvgIpc) is 2.81. The van der Waals surface area contributed by atoms with Gasteiger partial charge in [0.2, 0.25) is 0 Å². The summed E-state index contributed by atoms with van der Waals surface area (Å²) in [5.41, 5.74) is 9.00. The average molecular weight is 276 g/mol. The first-order valence-electron chi connectivity index (χ1n) is 6.70. The van der Waals surface area contributed by atoms with Crippen molar-refractivity contribution in [2.24, 2.45) is 5.73 Å². The predicted molar refractivity (Wildman–Crippen MR) is 81.4 cm³/mol. The van der Waals surface area contributed by atoms with Gasteiger partial charge in [0.15, 0.2) is 0 Å². The van der Waals surface area contributed by atoms with Gasteiger partial charge >= 0.3 is 0 Å². The van der Waals surface area contributed by atoms with E-state index in [0.29, 0.717) is 11.5 Å². The van der Waals surface area contributed by atoms with Gasteiger partial charge in [-0.15, -0.1) is 0 Å². The molecule has 0 spiro atoms. The molecule has 1 aromatic carbocycles. The smallest absolute Gasteiger partial charge is 0.254 e. The van der Waals surface area contributed by atoms with Crippen LogP contribution in [0.15, 0.2) is 18.2 Å². The van der Waals surface area contributed by atoms with E-state index in [9.17, 15) is 4.79 Å². The molecule has 102 valence electrons. The molecular weight excluding hydrogens is 256 g/mol. The summed E-state index contributed by atoms with van der Waals surface area (Å²) in [7, 11) is 0. The molecule has 1 aliphatic rings. The Bertz CT molecular complexity index is 511. The van der Waals surface area contributed by atoms with Crippen molar-refractivity contribution in [2.45, 2.75) is 39.2 Å². The number of nitrogens with two attached hydrogens (primary N) is 1. The summed E-state index contributed by atoms with van der Waals surface area (Å²) in [6, 6.07) is 6.11. The normalized spacial score (nSPS) is 13.4. The zero-order valence-corrected chi connectivity index (χ0v) is 12.3. The summed E-state index contributed by atoms with van der Waals surface area (Å²) in [4.78, 5) is 14.6. The van der Waals surface area contributed by atoms with E-state index >= 15 is 0 Å². The van der Waals surface area contributed by atoms with Gasteiger partial charge in [0, 0.05) is 11.6 Å². The number of rotatable bonds is 4. The minimum atomic E-state index is 0.0116. The lowest BCUT2D eigenvalue weighted by molar-refractivity contribution is 0.0736. The van der Waals surface area contributed by atoms with Crippen molar-refractivity contribution in [3.63, 3.8) is 0 Å². The van der Waals surface area contributed by atoms with Crippen molar-refractivity contribution in [3.8, 4) is 0 Å². The van der Waals surface area contributed by atoms with Gasteiger partial charge in [-0.25, -0.2) is 0 Å². The molecule has 0 aliphatic heterocycles. The minimum absolute atomic E-state index is 0.0116. The molecule has 3 nitrogen and oxygen atoms in total. The first-order chi connectivity index (χ1) is 8.99. The summed E-state index contributed by atoms with van der Waals surface area (Å²) < 4.78 is 0. The molecule has 19 heavy (non-hydrogen) atoms. The lowest BCUT2D eigenvalue weighted by Crippen LogP contribution is -2.42. The van der Waals surface area contributed by atoms with Crippen molar-refractivity contribution in [3.05, 3.63) is 34.9 Å². The molecule has 1 aliphatic carbocycles. The molecular formula is C15H20N2OS. The maximum atomic E-state index is 12.5. The Morgan fingerprint density at radius 3 is 2.68 bits per heavy atom. The summed E-state index contributed by atoms with van der Waals surface area (Å²) >= 11 is 4.92. The highest BCUT2D eigenvalue weighted by Gasteiger charge is 2.21. The zero-order valence-electron chi connectivity index (χ0n) is 11.5. The van der Waals surface area contributed by atoms with Crippen molar-refractivity contribution >= 4 is 23.1 Å². The summed E-state index contributed by atoms with van der Waals surface area (Å²) in [5, 5.41) is 0. The number of amides is 1. The zero-order chi connectivity index (χ0) is 14.0. The highest BCUT2D eigenvalue weighted by molar-refractivity contribution is 7.80. The van der Waals surface area contributed by atoms with Gasteiger partial charge in [-0.05, 0) is 56.4 Å². The van der Waals surface area contributed by atoms with Crippen molar-refractivity contribution in [1.82, 2.24) is 4.90 Å². The number of nitrogens with zero attached hydrogens (tertiary/aromatic N) is 1. The van der Waals surface area contributed by atoms with E-state index in [0.717, 1.165) is 18.4 Å². The summed E-state index contributed by atoms with van der Waals surface area (Å²) in [6.07, 6.45) is 3.39. The first-order valence-corrected chi connectivity index (χ1v) is 7.11. The lowest BCUT2D eigenvalue weighted by Gasteiger charge is -2.26. The highest BCUT2D eigenvalue weighted by Crippen LogP contribution is 2.23. The SMILES string of the molecule is CC(C)N(CC(N)=S)C(=O)c1ccc2c(c1)CCC2. The number of carbonyl (C=O) groups excluding carboxylic acids is 1. The molecule has 0 radical (unpaired) electrons. The van der Waals surface area contributed by atoms with E-state index in [1.807, 2.05) is 26.0 Å². The first kappa shape index (κ1) is 14.0. The second-order valence-corrected chi connectivity index (χ2v) is 5.85. The van der Waals surface area contributed by atoms with Gasteiger partial charge in [-0.1, -0.05) is 18.3 Å². The third kappa shape index (κ3) is 3.13. The van der Waals surface area contributed by atoms with Gasteiger partial charge in [-0.2, -0.15) is 0 Å². The summed E-state index contributed by atoms with van der Waals surface area (Å²) in [6.45, 7) is 4.29. The Kier molecular flexibility index (Phi) is 4.20. The minimum Gasteiger partial charge on any atom is -0.392 e. The number of hydrogen-bond donors (Lipinski definition) is 1. The van der Waals surface area contributed by atoms with Crippen LogP contribution in [0.25, 0.3) is 0 Å². The number of benzene rings is 1. The second-order valence-electron chi connectivity index (χ2n) is 5.33. The van der Waals surface area contributed by atoms with Crippen LogP contribution in [-0.4, -0.2) is 28.4 Å². The fourth-order valence-electron chi connectivity index (χ4n) is 2.53. The summed E-state index contributed by atoms with van der Waals surface area (Å²) in [5.74, 6) is 0.0116. The number of fused-ring (bicyclic) bond motifs is 1. The van der Waals surface area contributed by atoms with Crippen molar-refractivity contribution in [1.29, 1.82) is 0 Å². The third-order valence-electron chi connectivity index (χ3n) is 3.56. The molecule has 0 unspecified atom stereocenters. The number of hydrogen-bond acceptors (Lipinski definition) is 2. The van der Waals surface area contributed by atoms with Crippen LogP contribution in [-0.2, 0) is 12.8 Å². The van der Waals surface area contributed by atoms with Crippen LogP contribution in [0.3, 0.4) is 0 Å². The monoisotopic (exact) mass is 276 g/mol. The molecule has 1 amide bonds. The molecule has 0 aromatic heterocycles. The van der Waals surface area contributed by atoms with Crippen LogP contribution in [0, 0.1) is 0 Å². The molecule has 0 atom stereocenters. The molecule has 0 heterocycles. The largest absolute Gasteiger partial charge is 0.392 e. The highest BCUT2D eigenvalue weighted by atomic mass is 32.1. The second kappa shape index (κ2) is 5.70. The van der Waals surface area contributed by atoms with E-state index in [1.54, 1.807) is 4.90 Å². The Labute approximate surface area is 119 Å². The van der Waals surface area contributed by atoms with Crippen LogP contribution in [0.2, 0.25) is 0 Å². The maximum absolute atomic E-state index is 12.5. The lowest BCUT2D eigenvalue weighted by atomic mass is 10.1. The Hall–Kier alpha value is -1.42. The third-order valence-corrected chi connectivity index (χ3v) is 3.68. The molecule has 1 aromatic rings. The molecule has 0 fully saturated rings. The number of aryl methyl sites for hydroxylation is 2. The van der Waals surface area contributed by atoms with E-state index in [-0.39, 0.29) is 11.9 Å². The van der Waals surface area contributed by atoms with E-state index in [1.165, 1.54) is 17.5 Å². The molecule has 2 N–H and O–H groups in total. The molecule has 0 bridgehead atoms. The van der Waals surface area contributed by atoms with E-state index < -0.39 is 0 Å².